The maximum absolute atomic E-state index is 10.9. The fraction of sp³-hybridized carbons (Fsp3) is 0.478. The maximum Gasteiger partial charge on any atom is 0.127 e. The molecule has 2 atom stereocenters. The van der Waals surface area contributed by atoms with E-state index in [0.29, 0.717) is 0 Å². The first-order chi connectivity index (χ1) is 12.8. The number of benzene rings is 2. The van der Waals surface area contributed by atoms with Crippen LogP contribution in [0.5, 0.6) is 0 Å². The highest BCUT2D eigenvalue weighted by molar-refractivity contribution is 7.61. The largest absolute Gasteiger partial charge is 0.381 e. The molecule has 2 nitrogen and oxygen atoms in total. The molecule has 1 aliphatic heterocycles. The molecule has 2 aromatic carbocycles. The number of rotatable bonds is 10. The number of aliphatic hydroxyl groups is 1. The number of hydrogen-bond acceptors (Lipinski definition) is 2. The van der Waals surface area contributed by atoms with Gasteiger partial charge >= 0.3 is 0 Å². The van der Waals surface area contributed by atoms with Gasteiger partial charge in [0.2, 0.25) is 0 Å². The minimum absolute atomic E-state index is 0.523. The van der Waals surface area contributed by atoms with Crippen molar-refractivity contribution < 1.29 is 9.63 Å². The Morgan fingerprint density at radius 2 is 1.42 bits per heavy atom. The molecule has 1 heterocycles. The SMILES string of the molecule is CCCCCCCCCCOP1c2ccccc2-c2ccccc2C1O. The number of unbranched alkanes of at least 4 members (excludes halogenated alkanes) is 7. The molecule has 0 spiro atoms. The molecule has 2 aromatic rings. The van der Waals surface area contributed by atoms with Gasteiger partial charge < -0.3 is 9.63 Å². The van der Waals surface area contributed by atoms with Gasteiger partial charge in [0.1, 0.15) is 5.85 Å². The van der Waals surface area contributed by atoms with E-state index in [1.165, 1.54) is 55.8 Å². The number of aliphatic hydroxyl groups excluding tert-OH is 1. The minimum atomic E-state index is -1.01. The maximum atomic E-state index is 10.9. The summed E-state index contributed by atoms with van der Waals surface area (Å²) in [6, 6.07) is 16.6. The molecule has 0 radical (unpaired) electrons. The summed E-state index contributed by atoms with van der Waals surface area (Å²) >= 11 is 0. The Labute approximate surface area is 159 Å². The van der Waals surface area contributed by atoms with Crippen molar-refractivity contribution in [3.63, 3.8) is 0 Å². The van der Waals surface area contributed by atoms with Gasteiger partial charge in [-0.25, -0.2) is 0 Å². The molecule has 0 saturated heterocycles. The Bertz CT molecular complexity index is 685. The fourth-order valence-corrected chi connectivity index (χ4v) is 5.67. The average Bonchev–Trinajstić information content (AvgIpc) is 2.69. The average molecular weight is 370 g/mol. The van der Waals surface area contributed by atoms with Gasteiger partial charge in [0.25, 0.3) is 0 Å². The van der Waals surface area contributed by atoms with E-state index in [9.17, 15) is 5.11 Å². The highest BCUT2D eigenvalue weighted by Crippen LogP contribution is 2.56. The van der Waals surface area contributed by atoms with Crippen LogP contribution in [-0.2, 0) is 4.52 Å². The van der Waals surface area contributed by atoms with E-state index in [0.717, 1.165) is 24.2 Å². The molecular formula is C23H31O2P. The molecule has 1 N–H and O–H groups in total. The third-order valence-corrected chi connectivity index (χ3v) is 7.17. The summed E-state index contributed by atoms with van der Waals surface area (Å²) < 4.78 is 6.24. The standard InChI is InChI=1S/C23H31O2P/c1-2-3-4-5-6-7-8-13-18-25-26-22-17-12-11-15-20(22)19-14-9-10-16-21(19)23(26)24/h9-12,14-17,23-24H,2-8,13,18H2,1H3. The monoisotopic (exact) mass is 370 g/mol. The van der Waals surface area contributed by atoms with Gasteiger partial charge in [-0.1, -0.05) is 100 Å². The molecule has 0 aromatic heterocycles. The fourth-order valence-electron chi connectivity index (χ4n) is 3.66. The molecule has 26 heavy (non-hydrogen) atoms. The van der Waals surface area contributed by atoms with Crippen molar-refractivity contribution in [3.05, 3.63) is 54.1 Å². The van der Waals surface area contributed by atoms with Crippen molar-refractivity contribution >= 4 is 13.5 Å². The van der Waals surface area contributed by atoms with Crippen LogP contribution in [0.15, 0.2) is 48.5 Å². The molecule has 140 valence electrons. The van der Waals surface area contributed by atoms with E-state index in [1.54, 1.807) is 0 Å². The summed E-state index contributed by atoms with van der Waals surface area (Å²) in [5.74, 6) is -0.523. The second kappa shape index (κ2) is 10.2. The lowest BCUT2D eigenvalue weighted by atomic mass is 9.99. The van der Waals surface area contributed by atoms with Gasteiger partial charge in [0.05, 0.1) is 14.8 Å². The van der Waals surface area contributed by atoms with Crippen LogP contribution < -0.4 is 5.30 Å². The third kappa shape index (κ3) is 4.74. The first kappa shape index (κ1) is 19.5. The molecule has 0 aliphatic carbocycles. The molecule has 3 rings (SSSR count). The Kier molecular flexibility index (Phi) is 7.68. The Balaban J connectivity index is 1.53. The molecular weight excluding hydrogens is 339 g/mol. The van der Waals surface area contributed by atoms with Gasteiger partial charge in [-0.05, 0) is 23.1 Å². The zero-order chi connectivity index (χ0) is 18.2. The zero-order valence-corrected chi connectivity index (χ0v) is 16.8. The van der Waals surface area contributed by atoms with Gasteiger partial charge in [0.15, 0.2) is 0 Å². The third-order valence-electron chi connectivity index (χ3n) is 5.12. The van der Waals surface area contributed by atoms with Gasteiger partial charge in [-0.15, -0.1) is 0 Å². The summed E-state index contributed by atoms with van der Waals surface area (Å²) in [5.41, 5.74) is 3.37. The predicted molar refractivity (Wildman–Crippen MR) is 112 cm³/mol. The van der Waals surface area contributed by atoms with Gasteiger partial charge in [0, 0.05) is 5.30 Å². The second-order valence-electron chi connectivity index (χ2n) is 7.11. The molecule has 0 amide bonds. The number of hydrogen-bond donors (Lipinski definition) is 1. The second-order valence-corrected chi connectivity index (χ2v) is 8.99. The van der Waals surface area contributed by atoms with E-state index in [2.05, 4.69) is 37.3 Å². The van der Waals surface area contributed by atoms with E-state index < -0.39 is 14.0 Å². The van der Waals surface area contributed by atoms with Crippen molar-refractivity contribution in [2.75, 3.05) is 6.61 Å². The van der Waals surface area contributed by atoms with Gasteiger partial charge in [-0.2, -0.15) is 0 Å². The first-order valence-electron chi connectivity index (χ1n) is 10.1. The lowest BCUT2D eigenvalue weighted by Crippen LogP contribution is -2.18. The highest BCUT2D eigenvalue weighted by Gasteiger charge is 2.32. The van der Waals surface area contributed by atoms with Crippen LogP contribution in [0.2, 0.25) is 0 Å². The summed E-state index contributed by atoms with van der Waals surface area (Å²) in [6.07, 6.45) is 10.4. The van der Waals surface area contributed by atoms with E-state index in [-0.39, 0.29) is 0 Å². The van der Waals surface area contributed by atoms with Gasteiger partial charge in [-0.3, -0.25) is 0 Å². The lowest BCUT2D eigenvalue weighted by molar-refractivity contribution is 0.234. The molecule has 0 bridgehead atoms. The topological polar surface area (TPSA) is 29.5 Å². The van der Waals surface area contributed by atoms with Crippen LogP contribution in [0.4, 0.5) is 0 Å². The molecule has 1 aliphatic rings. The Morgan fingerprint density at radius 1 is 0.808 bits per heavy atom. The Morgan fingerprint density at radius 3 is 2.19 bits per heavy atom. The van der Waals surface area contributed by atoms with Crippen molar-refractivity contribution in [2.45, 2.75) is 64.1 Å². The van der Waals surface area contributed by atoms with Crippen molar-refractivity contribution in [1.29, 1.82) is 0 Å². The van der Waals surface area contributed by atoms with Crippen LogP contribution >= 0.6 is 8.15 Å². The van der Waals surface area contributed by atoms with Crippen LogP contribution in [0.25, 0.3) is 11.1 Å². The summed E-state index contributed by atoms with van der Waals surface area (Å²) in [6.45, 7) is 3.00. The van der Waals surface area contributed by atoms with E-state index in [1.807, 2.05) is 18.2 Å². The van der Waals surface area contributed by atoms with Crippen molar-refractivity contribution in [1.82, 2.24) is 0 Å². The Hall–Kier alpha value is -1.21. The molecule has 0 fully saturated rings. The van der Waals surface area contributed by atoms with Crippen LogP contribution in [0.3, 0.4) is 0 Å². The molecule has 0 saturated carbocycles. The molecule has 3 heteroatoms. The number of fused-ring (bicyclic) bond motifs is 3. The smallest absolute Gasteiger partial charge is 0.127 e. The highest BCUT2D eigenvalue weighted by atomic mass is 31.1. The van der Waals surface area contributed by atoms with Crippen molar-refractivity contribution in [3.8, 4) is 11.1 Å². The molecule has 2 unspecified atom stereocenters. The van der Waals surface area contributed by atoms with Crippen LogP contribution in [0, 0.1) is 0 Å². The normalized spacial score (nSPS) is 18.4. The first-order valence-corrected chi connectivity index (χ1v) is 11.4. The van der Waals surface area contributed by atoms with Crippen LogP contribution in [0.1, 0.15) is 69.7 Å². The summed E-state index contributed by atoms with van der Waals surface area (Å²) in [4.78, 5) is 0. The van der Waals surface area contributed by atoms with E-state index in [4.69, 9.17) is 4.52 Å². The summed E-state index contributed by atoms with van der Waals surface area (Å²) in [5, 5.41) is 12.1. The van der Waals surface area contributed by atoms with Crippen LogP contribution in [-0.4, -0.2) is 11.7 Å². The van der Waals surface area contributed by atoms with Crippen molar-refractivity contribution in [2.24, 2.45) is 0 Å². The minimum Gasteiger partial charge on any atom is -0.381 e. The quantitative estimate of drug-likeness (QED) is 0.380. The zero-order valence-electron chi connectivity index (χ0n) is 15.9. The lowest BCUT2D eigenvalue weighted by Gasteiger charge is -2.32. The van der Waals surface area contributed by atoms with E-state index >= 15 is 0 Å². The summed E-state index contributed by atoms with van der Waals surface area (Å²) in [7, 11) is -1.01. The predicted octanol–water partition coefficient (Wildman–Crippen LogP) is 6.54.